The zero-order chi connectivity index (χ0) is 19.1. The summed E-state index contributed by atoms with van der Waals surface area (Å²) in [6, 6.07) is 5.63. The Hall–Kier alpha value is -2.28. The lowest BCUT2D eigenvalue weighted by atomic mass is 10.2. The van der Waals surface area contributed by atoms with E-state index in [1.54, 1.807) is 14.2 Å². The number of carbonyl (C=O) groups excluding carboxylic acids is 1. The highest BCUT2D eigenvalue weighted by molar-refractivity contribution is 7.09. The highest BCUT2D eigenvalue weighted by atomic mass is 32.1. The molecule has 1 heterocycles. The van der Waals surface area contributed by atoms with Crippen LogP contribution in [-0.2, 0) is 17.9 Å². The van der Waals surface area contributed by atoms with Crippen molar-refractivity contribution >= 4 is 17.2 Å². The van der Waals surface area contributed by atoms with Gasteiger partial charge in [-0.25, -0.2) is 4.98 Å². The standard InChI is InChI=1S/C19H26N2O4S/c1-6-18(22)21(13(2)3)10-14-12-26-17(20-14)11-25-19-15(23-4)8-7-9-16(19)24-5/h7-9,12-13H,6,10-11H2,1-5H3. The molecule has 1 aromatic carbocycles. The maximum absolute atomic E-state index is 12.1. The van der Waals surface area contributed by atoms with Crippen LogP contribution in [-0.4, -0.2) is 36.1 Å². The average Bonchev–Trinajstić information content (AvgIpc) is 3.10. The second kappa shape index (κ2) is 9.43. The SMILES string of the molecule is CCC(=O)N(Cc1csc(COc2c(OC)cccc2OC)n1)C(C)C. The molecule has 0 N–H and O–H groups in total. The number of methoxy groups -OCH3 is 2. The fraction of sp³-hybridized carbons (Fsp3) is 0.474. The van der Waals surface area contributed by atoms with Crippen LogP contribution in [0.3, 0.4) is 0 Å². The largest absolute Gasteiger partial charge is 0.493 e. The summed E-state index contributed by atoms with van der Waals surface area (Å²) in [5.74, 6) is 1.91. The maximum Gasteiger partial charge on any atom is 0.222 e. The number of hydrogen-bond donors (Lipinski definition) is 0. The van der Waals surface area contributed by atoms with Gasteiger partial charge < -0.3 is 19.1 Å². The summed E-state index contributed by atoms with van der Waals surface area (Å²) in [5, 5.41) is 2.80. The first kappa shape index (κ1) is 20.0. The number of para-hydroxylation sites is 1. The fourth-order valence-corrected chi connectivity index (χ4v) is 3.21. The molecule has 0 bridgehead atoms. The number of benzene rings is 1. The first-order valence-corrected chi connectivity index (χ1v) is 9.44. The van der Waals surface area contributed by atoms with Crippen LogP contribution in [0.2, 0.25) is 0 Å². The number of ether oxygens (including phenoxy) is 3. The zero-order valence-electron chi connectivity index (χ0n) is 15.9. The molecule has 0 atom stereocenters. The smallest absolute Gasteiger partial charge is 0.222 e. The van der Waals surface area contributed by atoms with Crippen LogP contribution in [0.4, 0.5) is 0 Å². The van der Waals surface area contributed by atoms with Gasteiger partial charge in [-0.2, -0.15) is 0 Å². The Kier molecular flexibility index (Phi) is 7.26. The Morgan fingerprint density at radius 3 is 2.42 bits per heavy atom. The summed E-state index contributed by atoms with van der Waals surface area (Å²) in [4.78, 5) is 18.5. The van der Waals surface area contributed by atoms with Crippen molar-refractivity contribution < 1.29 is 19.0 Å². The summed E-state index contributed by atoms with van der Waals surface area (Å²) < 4.78 is 16.6. The summed E-state index contributed by atoms with van der Waals surface area (Å²) in [5.41, 5.74) is 0.871. The van der Waals surface area contributed by atoms with Crippen LogP contribution in [0.15, 0.2) is 23.6 Å². The highest BCUT2D eigenvalue weighted by Gasteiger charge is 2.17. The molecule has 0 radical (unpaired) electrons. The number of amides is 1. The molecule has 0 saturated heterocycles. The molecule has 2 rings (SSSR count). The second-order valence-electron chi connectivity index (χ2n) is 5.98. The quantitative estimate of drug-likeness (QED) is 0.662. The Labute approximate surface area is 158 Å². The molecule has 0 saturated carbocycles. The third-order valence-corrected chi connectivity index (χ3v) is 4.77. The average molecular weight is 378 g/mol. The predicted molar refractivity (Wildman–Crippen MR) is 102 cm³/mol. The predicted octanol–water partition coefficient (Wildman–Crippen LogP) is 3.89. The minimum atomic E-state index is 0.129. The van der Waals surface area contributed by atoms with E-state index in [2.05, 4.69) is 4.98 Å². The van der Waals surface area contributed by atoms with Crippen molar-refractivity contribution in [2.24, 2.45) is 0 Å². The van der Waals surface area contributed by atoms with E-state index in [1.807, 2.05) is 49.3 Å². The van der Waals surface area contributed by atoms with Crippen molar-refractivity contribution in [3.8, 4) is 17.2 Å². The van der Waals surface area contributed by atoms with E-state index in [0.717, 1.165) is 10.7 Å². The van der Waals surface area contributed by atoms with E-state index in [0.29, 0.717) is 36.8 Å². The maximum atomic E-state index is 12.1. The molecule has 0 aliphatic carbocycles. The molecular formula is C19H26N2O4S. The molecule has 1 amide bonds. The molecule has 26 heavy (non-hydrogen) atoms. The first-order valence-electron chi connectivity index (χ1n) is 8.56. The van der Waals surface area contributed by atoms with Gasteiger partial charge in [0.05, 0.1) is 26.5 Å². The van der Waals surface area contributed by atoms with Gasteiger partial charge in [-0.3, -0.25) is 4.79 Å². The van der Waals surface area contributed by atoms with Gasteiger partial charge in [0.25, 0.3) is 0 Å². The fourth-order valence-electron chi connectivity index (χ4n) is 2.52. The van der Waals surface area contributed by atoms with Crippen molar-refractivity contribution in [1.82, 2.24) is 9.88 Å². The summed E-state index contributed by atoms with van der Waals surface area (Å²) in [7, 11) is 3.18. The van der Waals surface area contributed by atoms with E-state index in [1.165, 1.54) is 11.3 Å². The molecule has 0 fully saturated rings. The van der Waals surface area contributed by atoms with Gasteiger partial charge >= 0.3 is 0 Å². The van der Waals surface area contributed by atoms with Crippen molar-refractivity contribution in [3.05, 3.63) is 34.3 Å². The molecule has 0 aliphatic heterocycles. The van der Waals surface area contributed by atoms with E-state index >= 15 is 0 Å². The van der Waals surface area contributed by atoms with Gasteiger partial charge in [0.1, 0.15) is 11.6 Å². The van der Waals surface area contributed by atoms with E-state index in [4.69, 9.17) is 14.2 Å². The molecular weight excluding hydrogens is 352 g/mol. The topological polar surface area (TPSA) is 60.9 Å². The Morgan fingerprint density at radius 2 is 1.88 bits per heavy atom. The van der Waals surface area contributed by atoms with Crippen LogP contribution in [0.1, 0.15) is 37.9 Å². The minimum Gasteiger partial charge on any atom is -0.493 e. The van der Waals surface area contributed by atoms with E-state index in [-0.39, 0.29) is 11.9 Å². The van der Waals surface area contributed by atoms with Crippen molar-refractivity contribution in [3.63, 3.8) is 0 Å². The van der Waals surface area contributed by atoms with Gasteiger partial charge in [-0.15, -0.1) is 11.3 Å². The number of aromatic nitrogens is 1. The van der Waals surface area contributed by atoms with Crippen molar-refractivity contribution in [2.75, 3.05) is 14.2 Å². The lowest BCUT2D eigenvalue weighted by molar-refractivity contribution is -0.133. The van der Waals surface area contributed by atoms with Crippen LogP contribution < -0.4 is 14.2 Å². The van der Waals surface area contributed by atoms with Gasteiger partial charge in [-0.1, -0.05) is 13.0 Å². The molecule has 0 unspecified atom stereocenters. The van der Waals surface area contributed by atoms with Crippen molar-refractivity contribution in [2.45, 2.75) is 46.4 Å². The normalized spacial score (nSPS) is 10.7. The molecule has 2 aromatic rings. The Balaban J connectivity index is 2.06. The number of nitrogens with zero attached hydrogens (tertiary/aromatic N) is 2. The third kappa shape index (κ3) is 4.88. The summed E-state index contributed by atoms with van der Waals surface area (Å²) in [6.07, 6.45) is 0.492. The minimum absolute atomic E-state index is 0.129. The van der Waals surface area contributed by atoms with Gasteiger partial charge in [0.15, 0.2) is 11.5 Å². The summed E-state index contributed by atoms with van der Waals surface area (Å²) in [6.45, 7) is 6.72. The number of rotatable bonds is 9. The van der Waals surface area contributed by atoms with Gasteiger partial charge in [-0.05, 0) is 26.0 Å². The lowest BCUT2D eigenvalue weighted by Gasteiger charge is -2.25. The van der Waals surface area contributed by atoms with Crippen LogP contribution in [0, 0.1) is 0 Å². The van der Waals surface area contributed by atoms with Crippen LogP contribution in [0.5, 0.6) is 17.2 Å². The molecule has 0 spiro atoms. The van der Waals surface area contributed by atoms with E-state index < -0.39 is 0 Å². The van der Waals surface area contributed by atoms with Gasteiger partial charge in [0, 0.05) is 17.8 Å². The number of carbonyl (C=O) groups is 1. The summed E-state index contributed by atoms with van der Waals surface area (Å²) >= 11 is 1.51. The third-order valence-electron chi connectivity index (χ3n) is 3.90. The zero-order valence-corrected chi connectivity index (χ0v) is 16.8. The van der Waals surface area contributed by atoms with Gasteiger partial charge in [0.2, 0.25) is 11.7 Å². The molecule has 1 aromatic heterocycles. The highest BCUT2D eigenvalue weighted by Crippen LogP contribution is 2.37. The number of hydrogen-bond acceptors (Lipinski definition) is 6. The first-order chi connectivity index (χ1) is 12.5. The molecule has 7 heteroatoms. The Bertz CT molecular complexity index is 708. The van der Waals surface area contributed by atoms with Crippen LogP contribution in [0.25, 0.3) is 0 Å². The molecule has 142 valence electrons. The molecule has 6 nitrogen and oxygen atoms in total. The van der Waals surface area contributed by atoms with Crippen LogP contribution >= 0.6 is 11.3 Å². The lowest BCUT2D eigenvalue weighted by Crippen LogP contribution is -2.35. The number of thiazole rings is 1. The van der Waals surface area contributed by atoms with Crippen molar-refractivity contribution in [1.29, 1.82) is 0 Å². The Morgan fingerprint density at radius 1 is 1.23 bits per heavy atom. The molecule has 0 aliphatic rings. The monoisotopic (exact) mass is 378 g/mol. The second-order valence-corrected chi connectivity index (χ2v) is 6.92. The van der Waals surface area contributed by atoms with E-state index in [9.17, 15) is 4.79 Å².